The van der Waals surface area contributed by atoms with E-state index in [0.717, 1.165) is 60.6 Å². The molecule has 2 saturated heterocycles. The number of hydrogen-bond acceptors (Lipinski definition) is 2. The largest absolute Gasteiger partial charge is 0.381 e. The lowest BCUT2D eigenvalue weighted by Gasteiger charge is -2.15. The van der Waals surface area contributed by atoms with Crippen LogP contribution in [0.3, 0.4) is 0 Å². The van der Waals surface area contributed by atoms with E-state index in [9.17, 15) is 0 Å². The van der Waals surface area contributed by atoms with Crippen molar-refractivity contribution >= 4 is 11.8 Å². The van der Waals surface area contributed by atoms with Crippen molar-refractivity contribution in [2.24, 2.45) is 47.3 Å². The van der Waals surface area contributed by atoms with E-state index >= 15 is 0 Å². The second kappa shape index (κ2) is 11.6. The molecule has 8 atom stereocenters. The molecule has 8 unspecified atom stereocenters. The Morgan fingerprint density at radius 1 is 0.571 bits per heavy atom. The van der Waals surface area contributed by atoms with Crippen molar-refractivity contribution in [2.45, 2.75) is 91.9 Å². The lowest BCUT2D eigenvalue weighted by Crippen LogP contribution is -2.14. The summed E-state index contributed by atoms with van der Waals surface area (Å²) in [6, 6.07) is 0. The Balaban J connectivity index is 0.000000134. The van der Waals surface area contributed by atoms with Crippen LogP contribution in [0.4, 0.5) is 0 Å². The van der Waals surface area contributed by atoms with E-state index in [2.05, 4.69) is 39.5 Å². The first-order chi connectivity index (χ1) is 13.7. The average molecular weight is 409 g/mol. The molecule has 28 heavy (non-hydrogen) atoms. The van der Waals surface area contributed by atoms with Crippen molar-refractivity contribution in [3.05, 3.63) is 0 Å². The monoisotopic (exact) mass is 408 g/mol. The van der Waals surface area contributed by atoms with Crippen molar-refractivity contribution in [1.29, 1.82) is 0 Å². The molecule has 2 heterocycles. The van der Waals surface area contributed by atoms with Crippen LogP contribution in [0.1, 0.15) is 91.9 Å². The van der Waals surface area contributed by atoms with Crippen molar-refractivity contribution in [2.75, 3.05) is 24.7 Å². The summed E-state index contributed by atoms with van der Waals surface area (Å²) in [5.74, 6) is 11.1. The molecule has 0 aromatic carbocycles. The van der Waals surface area contributed by atoms with Gasteiger partial charge in [-0.15, -0.1) is 0 Å². The number of thioether (sulfide) groups is 1. The van der Waals surface area contributed by atoms with Crippen molar-refractivity contribution in [1.82, 2.24) is 0 Å². The second-order valence-corrected chi connectivity index (χ2v) is 11.4. The lowest BCUT2D eigenvalue weighted by atomic mass is 9.89. The lowest BCUT2D eigenvalue weighted by molar-refractivity contribution is 0.152. The summed E-state index contributed by atoms with van der Waals surface area (Å²) in [6.45, 7) is 11.5. The summed E-state index contributed by atoms with van der Waals surface area (Å²) in [5.41, 5.74) is 0. The number of rotatable bonds is 4. The molecule has 2 aliphatic heterocycles. The Hall–Kier alpha value is 0.310. The number of hydrogen-bond donors (Lipinski definition) is 0. The molecule has 2 heteroatoms. The maximum atomic E-state index is 5.58. The number of ether oxygens (including phenoxy) is 1. The van der Waals surface area contributed by atoms with Crippen LogP contribution in [0.25, 0.3) is 0 Å². The predicted octanol–water partition coefficient (Wildman–Crippen LogP) is 7.69. The molecule has 0 aromatic heterocycles. The zero-order chi connectivity index (χ0) is 19.9. The van der Waals surface area contributed by atoms with Gasteiger partial charge >= 0.3 is 0 Å². The molecule has 164 valence electrons. The topological polar surface area (TPSA) is 9.23 Å². The van der Waals surface area contributed by atoms with Crippen LogP contribution in [0.5, 0.6) is 0 Å². The molecule has 5 aliphatic rings. The maximum absolute atomic E-state index is 5.58. The zero-order valence-electron chi connectivity index (χ0n) is 19.3. The van der Waals surface area contributed by atoms with E-state index in [0.29, 0.717) is 0 Å². The Morgan fingerprint density at radius 2 is 0.929 bits per heavy atom. The van der Waals surface area contributed by atoms with Gasteiger partial charge in [-0.3, -0.25) is 0 Å². The molecule has 0 spiro atoms. The van der Waals surface area contributed by atoms with E-state index < -0.39 is 0 Å². The first-order valence-corrected chi connectivity index (χ1v) is 14.0. The highest BCUT2D eigenvalue weighted by molar-refractivity contribution is 7.99. The molecule has 0 aromatic rings. The third-order valence-electron chi connectivity index (χ3n) is 9.07. The summed E-state index contributed by atoms with van der Waals surface area (Å²) in [7, 11) is 0. The molecule has 3 saturated carbocycles. The minimum atomic E-state index is 0.917. The zero-order valence-corrected chi connectivity index (χ0v) is 20.2. The van der Waals surface area contributed by atoms with Gasteiger partial charge in [0, 0.05) is 0 Å². The van der Waals surface area contributed by atoms with E-state index in [1.165, 1.54) is 69.3 Å². The Bertz CT molecular complexity index is 362. The van der Waals surface area contributed by atoms with Gasteiger partial charge in [0.2, 0.25) is 0 Å². The summed E-state index contributed by atoms with van der Waals surface area (Å²) >= 11 is 2.20. The Labute approximate surface area is 180 Å². The normalized spacial score (nSPS) is 43.3. The average Bonchev–Trinajstić information content (AvgIpc) is 3.41. The highest BCUT2D eigenvalue weighted by Crippen LogP contribution is 2.51. The SMILES string of the molecule is C1CCC1.CCC1CC(CC)C2COCC12.CCC1CC(CC)C2CSCC12. The Morgan fingerprint density at radius 3 is 1.25 bits per heavy atom. The third-order valence-corrected chi connectivity index (χ3v) is 10.3. The highest BCUT2D eigenvalue weighted by atomic mass is 32.2. The van der Waals surface area contributed by atoms with Gasteiger partial charge in [-0.25, -0.2) is 0 Å². The van der Waals surface area contributed by atoms with Crippen LogP contribution in [-0.4, -0.2) is 24.7 Å². The fourth-order valence-electron chi connectivity index (χ4n) is 6.72. The van der Waals surface area contributed by atoms with Crippen molar-refractivity contribution in [3.8, 4) is 0 Å². The Kier molecular flexibility index (Phi) is 9.55. The fourth-order valence-corrected chi connectivity index (χ4v) is 8.44. The van der Waals surface area contributed by atoms with Gasteiger partial charge in [0.05, 0.1) is 13.2 Å². The van der Waals surface area contributed by atoms with E-state index in [1.54, 1.807) is 6.42 Å². The van der Waals surface area contributed by atoms with Crippen LogP contribution in [-0.2, 0) is 4.74 Å². The number of fused-ring (bicyclic) bond motifs is 2. The molecule has 1 nitrogen and oxygen atoms in total. The van der Waals surface area contributed by atoms with Gasteiger partial charge in [-0.1, -0.05) is 79.1 Å². The fraction of sp³-hybridized carbons (Fsp3) is 1.00. The second-order valence-electron chi connectivity index (χ2n) is 10.3. The van der Waals surface area contributed by atoms with Crippen molar-refractivity contribution in [3.63, 3.8) is 0 Å². The molecule has 0 amide bonds. The standard InChI is InChI=1S/C11H20O.C11H20S.C4H8/c2*1-3-8-5-9(4-2)11-7-12-6-10(8)11;1-2-4-3-1/h2*8-11H,3-7H2,1-2H3;1-4H2. The molecule has 0 radical (unpaired) electrons. The van der Waals surface area contributed by atoms with E-state index in [4.69, 9.17) is 4.74 Å². The molecule has 5 rings (SSSR count). The minimum Gasteiger partial charge on any atom is -0.381 e. The van der Waals surface area contributed by atoms with Crippen molar-refractivity contribution < 1.29 is 4.74 Å². The van der Waals surface area contributed by atoms with Gasteiger partial charge in [0.15, 0.2) is 0 Å². The third kappa shape index (κ3) is 5.32. The van der Waals surface area contributed by atoms with Crippen LogP contribution in [0.15, 0.2) is 0 Å². The van der Waals surface area contributed by atoms with Gasteiger partial charge in [0.25, 0.3) is 0 Å². The smallest absolute Gasteiger partial charge is 0.0500 e. The van der Waals surface area contributed by atoms with Crippen LogP contribution >= 0.6 is 11.8 Å². The minimum absolute atomic E-state index is 0.917. The maximum Gasteiger partial charge on any atom is 0.0500 e. The molecular weight excluding hydrogens is 360 g/mol. The summed E-state index contributed by atoms with van der Waals surface area (Å²) in [6.07, 6.45) is 14.6. The predicted molar refractivity (Wildman–Crippen MR) is 125 cm³/mol. The van der Waals surface area contributed by atoms with Gasteiger partial charge < -0.3 is 4.74 Å². The quantitative estimate of drug-likeness (QED) is 0.471. The molecular formula is C26H48OS. The summed E-state index contributed by atoms with van der Waals surface area (Å²) in [5, 5.41) is 0. The van der Waals surface area contributed by atoms with Gasteiger partial charge in [-0.05, 0) is 71.7 Å². The van der Waals surface area contributed by atoms with Crippen LogP contribution in [0.2, 0.25) is 0 Å². The highest BCUT2D eigenvalue weighted by Gasteiger charge is 2.45. The van der Waals surface area contributed by atoms with Gasteiger partial charge in [-0.2, -0.15) is 11.8 Å². The summed E-state index contributed by atoms with van der Waals surface area (Å²) < 4.78 is 5.58. The van der Waals surface area contributed by atoms with Crippen LogP contribution < -0.4 is 0 Å². The molecule has 5 fully saturated rings. The first-order valence-electron chi connectivity index (χ1n) is 12.9. The molecule has 0 N–H and O–H groups in total. The van der Waals surface area contributed by atoms with Gasteiger partial charge in [0.1, 0.15) is 0 Å². The first kappa shape index (κ1) is 23.0. The molecule has 0 bridgehead atoms. The summed E-state index contributed by atoms with van der Waals surface area (Å²) in [4.78, 5) is 0. The van der Waals surface area contributed by atoms with E-state index in [1.807, 2.05) is 0 Å². The molecule has 3 aliphatic carbocycles. The van der Waals surface area contributed by atoms with Crippen LogP contribution in [0, 0.1) is 47.3 Å². The van der Waals surface area contributed by atoms with E-state index in [-0.39, 0.29) is 0 Å².